The van der Waals surface area contributed by atoms with Crippen LogP contribution >= 0.6 is 11.6 Å². The lowest BCUT2D eigenvalue weighted by atomic mass is 9.80. The van der Waals surface area contributed by atoms with E-state index in [2.05, 4.69) is 31.3 Å². The summed E-state index contributed by atoms with van der Waals surface area (Å²) in [6.45, 7) is 2.32. The third-order valence-electron chi connectivity index (χ3n) is 5.49. The van der Waals surface area contributed by atoms with Crippen molar-refractivity contribution in [2.75, 3.05) is 27.2 Å². The van der Waals surface area contributed by atoms with Crippen molar-refractivity contribution < 1.29 is 9.22 Å². The van der Waals surface area contributed by atoms with Crippen molar-refractivity contribution >= 4 is 11.6 Å². The van der Waals surface area contributed by atoms with Crippen molar-refractivity contribution in [1.29, 1.82) is 0 Å². The van der Waals surface area contributed by atoms with Crippen molar-refractivity contribution in [2.45, 2.75) is 18.9 Å². The van der Waals surface area contributed by atoms with Crippen LogP contribution in [0.25, 0.3) is 0 Å². The van der Waals surface area contributed by atoms with Crippen molar-refractivity contribution in [3.05, 3.63) is 63.7 Å². The quantitative estimate of drug-likeness (QED) is 0.723. The number of benzene rings is 2. The van der Waals surface area contributed by atoms with Crippen LogP contribution in [0.1, 0.15) is 28.3 Å². The van der Waals surface area contributed by atoms with Crippen LogP contribution in [0.4, 0.5) is 0 Å². The molecule has 2 atom stereocenters. The van der Waals surface area contributed by atoms with E-state index in [0.29, 0.717) is 6.04 Å². The SMILES string of the molecule is COc1ccc(Cl)c2c1C1c3ccccc3CC[N+]1(C)CC2. The predicted molar refractivity (Wildman–Crippen MR) is 89.6 cm³/mol. The summed E-state index contributed by atoms with van der Waals surface area (Å²) in [4.78, 5) is 0. The average molecular weight is 315 g/mol. The van der Waals surface area contributed by atoms with Crippen molar-refractivity contribution in [2.24, 2.45) is 0 Å². The van der Waals surface area contributed by atoms with Crippen molar-refractivity contribution in [1.82, 2.24) is 0 Å². The van der Waals surface area contributed by atoms with E-state index in [0.717, 1.165) is 34.6 Å². The van der Waals surface area contributed by atoms with Gasteiger partial charge in [0.05, 0.1) is 32.8 Å². The molecule has 0 aromatic heterocycles. The zero-order valence-corrected chi connectivity index (χ0v) is 13.9. The monoisotopic (exact) mass is 314 g/mol. The number of fused-ring (bicyclic) bond motifs is 5. The first-order valence-corrected chi connectivity index (χ1v) is 8.29. The van der Waals surface area contributed by atoms with Crippen LogP contribution in [0.15, 0.2) is 36.4 Å². The molecular weight excluding hydrogens is 294 g/mol. The van der Waals surface area contributed by atoms with Crippen molar-refractivity contribution in [3.63, 3.8) is 0 Å². The first-order valence-electron chi connectivity index (χ1n) is 7.91. The summed E-state index contributed by atoms with van der Waals surface area (Å²) in [5, 5.41) is 0.880. The summed E-state index contributed by atoms with van der Waals surface area (Å²) in [7, 11) is 4.14. The van der Waals surface area contributed by atoms with Gasteiger partial charge in [-0.2, -0.15) is 0 Å². The minimum atomic E-state index is 0.336. The standard InChI is InChI=1S/C19H21ClNO/c1-21-11-9-13-5-3-4-6-14(13)19(21)18-15(10-12-21)16(20)7-8-17(18)22-2/h3-8,19H,9-12H2,1-2H3/q+1. The summed E-state index contributed by atoms with van der Waals surface area (Å²) in [5.74, 6) is 0.977. The van der Waals surface area contributed by atoms with E-state index in [1.165, 1.54) is 28.8 Å². The van der Waals surface area contributed by atoms with E-state index in [1.807, 2.05) is 12.1 Å². The minimum absolute atomic E-state index is 0.336. The average Bonchev–Trinajstić information content (AvgIpc) is 2.54. The number of hydrogen-bond donors (Lipinski definition) is 0. The fraction of sp³-hybridized carbons (Fsp3) is 0.368. The van der Waals surface area contributed by atoms with Crippen LogP contribution in [0.3, 0.4) is 0 Å². The molecule has 0 saturated heterocycles. The third-order valence-corrected chi connectivity index (χ3v) is 5.84. The molecule has 3 heteroatoms. The molecule has 0 spiro atoms. The maximum Gasteiger partial charge on any atom is 0.144 e. The Morgan fingerprint density at radius 2 is 1.86 bits per heavy atom. The second-order valence-corrected chi connectivity index (χ2v) is 7.08. The summed E-state index contributed by atoms with van der Waals surface area (Å²) < 4.78 is 6.76. The second-order valence-electron chi connectivity index (χ2n) is 6.67. The lowest BCUT2D eigenvalue weighted by Gasteiger charge is -2.49. The second kappa shape index (κ2) is 5.00. The number of rotatable bonds is 1. The molecule has 2 aromatic rings. The zero-order valence-electron chi connectivity index (χ0n) is 13.1. The van der Waals surface area contributed by atoms with Crippen LogP contribution in [0.5, 0.6) is 5.75 Å². The lowest BCUT2D eigenvalue weighted by molar-refractivity contribution is -0.937. The van der Waals surface area contributed by atoms with Gasteiger partial charge in [0.15, 0.2) is 0 Å². The highest BCUT2D eigenvalue weighted by atomic mass is 35.5. The largest absolute Gasteiger partial charge is 0.496 e. The van der Waals surface area contributed by atoms with Gasteiger partial charge in [0.25, 0.3) is 0 Å². The highest BCUT2D eigenvalue weighted by Gasteiger charge is 2.45. The first-order chi connectivity index (χ1) is 10.6. The van der Waals surface area contributed by atoms with Gasteiger partial charge in [-0.05, 0) is 23.3 Å². The van der Waals surface area contributed by atoms with Gasteiger partial charge in [0, 0.05) is 23.4 Å². The molecule has 0 saturated carbocycles. The fourth-order valence-corrected chi connectivity index (χ4v) is 4.55. The molecule has 0 amide bonds. The highest BCUT2D eigenvalue weighted by molar-refractivity contribution is 6.31. The minimum Gasteiger partial charge on any atom is -0.496 e. The van der Waals surface area contributed by atoms with E-state index in [1.54, 1.807) is 7.11 Å². The Labute approximate surface area is 136 Å². The Morgan fingerprint density at radius 1 is 1.09 bits per heavy atom. The van der Waals surface area contributed by atoms with Crippen LogP contribution in [0.2, 0.25) is 5.02 Å². The summed E-state index contributed by atoms with van der Waals surface area (Å²) in [6.07, 6.45) is 2.18. The van der Waals surface area contributed by atoms with Gasteiger partial charge >= 0.3 is 0 Å². The Hall–Kier alpha value is -1.51. The molecule has 0 fully saturated rings. The number of likely N-dealkylation sites (N-methyl/N-ethyl adjacent to an activating group) is 1. The number of methoxy groups -OCH3 is 1. The molecule has 0 aliphatic carbocycles. The summed E-state index contributed by atoms with van der Waals surface area (Å²) >= 11 is 6.51. The number of ether oxygens (including phenoxy) is 1. The van der Waals surface area contributed by atoms with E-state index in [9.17, 15) is 0 Å². The Kier molecular flexibility index (Phi) is 3.21. The Morgan fingerprint density at radius 3 is 2.68 bits per heavy atom. The van der Waals surface area contributed by atoms with E-state index in [-0.39, 0.29) is 0 Å². The zero-order chi connectivity index (χ0) is 15.3. The number of hydrogen-bond acceptors (Lipinski definition) is 1. The number of quaternary nitrogens is 1. The van der Waals surface area contributed by atoms with E-state index >= 15 is 0 Å². The van der Waals surface area contributed by atoms with Crippen LogP contribution in [0, 0.1) is 0 Å². The molecule has 22 heavy (non-hydrogen) atoms. The molecule has 2 unspecified atom stereocenters. The Bertz CT molecular complexity index is 742. The molecule has 2 aromatic carbocycles. The highest BCUT2D eigenvalue weighted by Crippen LogP contribution is 2.48. The van der Waals surface area contributed by atoms with Crippen molar-refractivity contribution in [3.8, 4) is 5.75 Å². The van der Waals surface area contributed by atoms with Crippen LogP contribution < -0.4 is 4.74 Å². The summed E-state index contributed by atoms with van der Waals surface area (Å²) in [5.41, 5.74) is 5.49. The third kappa shape index (κ3) is 1.90. The Balaban J connectivity index is 2.01. The number of halogens is 1. The van der Waals surface area contributed by atoms with Gasteiger partial charge < -0.3 is 9.22 Å². The van der Waals surface area contributed by atoms with Crippen LogP contribution in [-0.4, -0.2) is 31.7 Å². The molecule has 2 nitrogen and oxygen atoms in total. The van der Waals surface area contributed by atoms with Gasteiger partial charge in [-0.3, -0.25) is 0 Å². The topological polar surface area (TPSA) is 9.23 Å². The molecule has 0 radical (unpaired) electrons. The smallest absolute Gasteiger partial charge is 0.144 e. The van der Waals surface area contributed by atoms with Gasteiger partial charge in [0.2, 0.25) is 0 Å². The molecule has 2 aliphatic heterocycles. The van der Waals surface area contributed by atoms with E-state index < -0.39 is 0 Å². The summed E-state index contributed by atoms with van der Waals surface area (Å²) in [6, 6.07) is 13.2. The van der Waals surface area contributed by atoms with Gasteiger partial charge in [-0.25, -0.2) is 0 Å². The van der Waals surface area contributed by atoms with Gasteiger partial charge in [-0.15, -0.1) is 0 Å². The van der Waals surface area contributed by atoms with E-state index in [4.69, 9.17) is 16.3 Å². The maximum absolute atomic E-state index is 6.51. The first kappa shape index (κ1) is 14.1. The molecule has 2 heterocycles. The molecule has 2 aliphatic rings. The van der Waals surface area contributed by atoms with Crippen LogP contribution in [-0.2, 0) is 12.8 Å². The normalized spacial score (nSPS) is 25.9. The fourth-order valence-electron chi connectivity index (χ4n) is 4.29. The molecule has 114 valence electrons. The van der Waals surface area contributed by atoms with Gasteiger partial charge in [0.1, 0.15) is 11.8 Å². The molecule has 0 N–H and O–H groups in total. The lowest BCUT2D eigenvalue weighted by Crippen LogP contribution is -2.55. The van der Waals surface area contributed by atoms with Gasteiger partial charge in [-0.1, -0.05) is 35.9 Å². The molecule has 0 bridgehead atoms. The maximum atomic E-state index is 6.51. The number of nitrogens with zero attached hydrogens (tertiary/aromatic N) is 1. The molecule has 4 rings (SSSR count). The molecular formula is C19H21ClNO+. The predicted octanol–water partition coefficient (Wildman–Crippen LogP) is 4.00.